The zero-order valence-corrected chi connectivity index (χ0v) is 13.3. The molecule has 1 saturated carbocycles. The number of benzene rings is 1. The minimum Gasteiger partial charge on any atom is -0.433 e. The minimum absolute atomic E-state index is 0.151. The molecule has 1 aliphatic heterocycles. The van der Waals surface area contributed by atoms with E-state index in [2.05, 4.69) is 0 Å². The third-order valence-electron chi connectivity index (χ3n) is 4.54. The predicted molar refractivity (Wildman–Crippen MR) is 80.9 cm³/mol. The summed E-state index contributed by atoms with van der Waals surface area (Å²) >= 11 is 0. The molecule has 22 heavy (non-hydrogen) atoms. The van der Waals surface area contributed by atoms with Gasteiger partial charge in [0.2, 0.25) is 6.29 Å². The number of carbonyl (C=O) groups is 2. The average Bonchev–Trinajstić information content (AvgIpc) is 3.04. The molecule has 3 unspecified atom stereocenters. The van der Waals surface area contributed by atoms with Crippen molar-refractivity contribution in [1.29, 1.82) is 0 Å². The van der Waals surface area contributed by atoms with Crippen molar-refractivity contribution in [3.05, 3.63) is 35.9 Å². The maximum Gasteiger partial charge on any atom is 0.345 e. The molecule has 1 aliphatic carbocycles. The highest BCUT2D eigenvalue weighted by Gasteiger charge is 2.59. The Morgan fingerprint density at radius 1 is 1.14 bits per heavy atom. The Labute approximate surface area is 130 Å². The summed E-state index contributed by atoms with van der Waals surface area (Å²) in [7, 11) is 0. The molecule has 3 atom stereocenters. The summed E-state index contributed by atoms with van der Waals surface area (Å²) in [5, 5.41) is 0. The molecule has 4 heteroatoms. The van der Waals surface area contributed by atoms with Crippen molar-refractivity contribution in [3.63, 3.8) is 0 Å². The first kappa shape index (κ1) is 15.2. The van der Waals surface area contributed by atoms with Gasteiger partial charge < -0.3 is 9.47 Å². The van der Waals surface area contributed by atoms with Gasteiger partial charge in [0.15, 0.2) is 5.60 Å². The van der Waals surface area contributed by atoms with Crippen LogP contribution in [0.15, 0.2) is 30.3 Å². The van der Waals surface area contributed by atoms with Crippen LogP contribution in [0.5, 0.6) is 0 Å². The summed E-state index contributed by atoms with van der Waals surface area (Å²) in [6.45, 7) is 5.93. The van der Waals surface area contributed by atoms with Crippen molar-refractivity contribution in [2.75, 3.05) is 0 Å². The molecular weight excluding hydrogens is 280 g/mol. The molecule has 3 rings (SSSR count). The average molecular weight is 302 g/mol. The van der Waals surface area contributed by atoms with E-state index in [0.717, 1.165) is 5.56 Å². The lowest BCUT2D eigenvalue weighted by molar-refractivity contribution is -0.162. The normalized spacial score (nSPS) is 32.3. The first-order valence-corrected chi connectivity index (χ1v) is 7.80. The van der Waals surface area contributed by atoms with Crippen molar-refractivity contribution < 1.29 is 19.1 Å². The molecular formula is C18H22O4. The largest absolute Gasteiger partial charge is 0.433 e. The molecule has 1 aromatic rings. The van der Waals surface area contributed by atoms with E-state index in [-0.39, 0.29) is 23.1 Å². The van der Waals surface area contributed by atoms with Crippen molar-refractivity contribution in [1.82, 2.24) is 0 Å². The second-order valence-corrected chi connectivity index (χ2v) is 7.30. The molecule has 0 radical (unpaired) electrons. The molecule has 0 N–H and O–H groups in total. The van der Waals surface area contributed by atoms with Gasteiger partial charge in [-0.05, 0) is 12.0 Å². The van der Waals surface area contributed by atoms with Crippen molar-refractivity contribution >= 4 is 11.8 Å². The Kier molecular flexibility index (Phi) is 3.60. The summed E-state index contributed by atoms with van der Waals surface area (Å²) in [5.74, 6) is -0.323. The van der Waals surface area contributed by atoms with Gasteiger partial charge in [0, 0.05) is 24.2 Å². The van der Waals surface area contributed by atoms with Gasteiger partial charge in [0.25, 0.3) is 0 Å². The number of carbonyl (C=O) groups excluding carboxylic acids is 2. The Hall–Kier alpha value is -1.68. The van der Waals surface area contributed by atoms with Crippen molar-refractivity contribution in [2.24, 2.45) is 11.3 Å². The molecule has 0 aromatic heterocycles. The second kappa shape index (κ2) is 5.20. The highest BCUT2D eigenvalue weighted by Crippen LogP contribution is 2.49. The lowest BCUT2D eigenvalue weighted by Crippen LogP contribution is -2.41. The summed E-state index contributed by atoms with van der Waals surface area (Å²) in [6.07, 6.45) is 0.951. The summed E-state index contributed by atoms with van der Waals surface area (Å²) in [6, 6.07) is 9.44. The Morgan fingerprint density at radius 3 is 2.32 bits per heavy atom. The van der Waals surface area contributed by atoms with E-state index in [0.29, 0.717) is 19.3 Å². The molecule has 4 nitrogen and oxygen atoms in total. The molecule has 2 aliphatic rings. The lowest BCUT2D eigenvalue weighted by atomic mass is 9.80. The number of rotatable bonds is 2. The van der Waals surface area contributed by atoms with Crippen LogP contribution < -0.4 is 0 Å². The number of hydrogen-bond acceptors (Lipinski definition) is 4. The molecule has 1 aromatic carbocycles. The highest BCUT2D eigenvalue weighted by atomic mass is 16.8. The van der Waals surface area contributed by atoms with Gasteiger partial charge in [-0.15, -0.1) is 0 Å². The van der Waals surface area contributed by atoms with Crippen LogP contribution in [0.1, 0.15) is 45.6 Å². The van der Waals surface area contributed by atoms with E-state index in [1.165, 1.54) is 0 Å². The lowest BCUT2D eigenvalue weighted by Gasteiger charge is -2.32. The fraction of sp³-hybridized carbons (Fsp3) is 0.556. The minimum atomic E-state index is -1.15. The molecule has 0 spiro atoms. The fourth-order valence-corrected chi connectivity index (χ4v) is 3.31. The summed E-state index contributed by atoms with van der Waals surface area (Å²) < 4.78 is 11.8. The SMILES string of the molecule is CC(C)(C)C1OC(=O)C(c2ccccc2)(C2CCC(=O)C2)O1. The number of esters is 1. The number of Topliss-reactive ketones (excluding diaryl/α,β-unsaturated/α-hetero) is 1. The Morgan fingerprint density at radius 2 is 1.82 bits per heavy atom. The number of ether oxygens (including phenoxy) is 2. The molecule has 118 valence electrons. The fourth-order valence-electron chi connectivity index (χ4n) is 3.31. The molecule has 2 fully saturated rings. The van der Waals surface area contributed by atoms with Gasteiger partial charge in [-0.2, -0.15) is 0 Å². The van der Waals surface area contributed by atoms with Crippen LogP contribution in [0.25, 0.3) is 0 Å². The molecule has 1 heterocycles. The summed E-state index contributed by atoms with van der Waals surface area (Å²) in [4.78, 5) is 24.6. The standard InChI is InChI=1S/C18H22O4/c1-17(2,3)16-21-15(20)18(22-16,12-7-5-4-6-8-12)13-9-10-14(19)11-13/h4-8,13,16H,9-11H2,1-3H3. The zero-order chi connectivity index (χ0) is 16.0. The van der Waals surface area contributed by atoms with E-state index < -0.39 is 11.9 Å². The van der Waals surface area contributed by atoms with Crippen LogP contribution in [0.2, 0.25) is 0 Å². The van der Waals surface area contributed by atoms with E-state index in [4.69, 9.17) is 9.47 Å². The van der Waals surface area contributed by atoms with Crippen LogP contribution >= 0.6 is 0 Å². The van der Waals surface area contributed by atoms with Crippen LogP contribution in [0.4, 0.5) is 0 Å². The third-order valence-corrected chi connectivity index (χ3v) is 4.54. The maximum atomic E-state index is 12.8. The Balaban J connectivity index is 2.05. The zero-order valence-electron chi connectivity index (χ0n) is 13.3. The summed E-state index contributed by atoms with van der Waals surface area (Å²) in [5.41, 5.74) is -0.674. The van der Waals surface area contributed by atoms with Crippen molar-refractivity contribution in [3.8, 4) is 0 Å². The van der Waals surface area contributed by atoms with Gasteiger partial charge in [-0.25, -0.2) is 4.79 Å². The van der Waals surface area contributed by atoms with Gasteiger partial charge >= 0.3 is 5.97 Å². The van der Waals surface area contributed by atoms with Gasteiger partial charge in [0.05, 0.1) is 0 Å². The second-order valence-electron chi connectivity index (χ2n) is 7.30. The number of ketones is 1. The topological polar surface area (TPSA) is 52.6 Å². The first-order chi connectivity index (χ1) is 10.3. The van der Waals surface area contributed by atoms with Gasteiger partial charge in [-0.1, -0.05) is 51.1 Å². The third kappa shape index (κ3) is 2.35. The molecule has 0 amide bonds. The highest BCUT2D eigenvalue weighted by molar-refractivity contribution is 5.87. The maximum absolute atomic E-state index is 12.8. The molecule has 0 bridgehead atoms. The number of hydrogen-bond donors (Lipinski definition) is 0. The van der Waals surface area contributed by atoms with Crippen LogP contribution in [0.3, 0.4) is 0 Å². The van der Waals surface area contributed by atoms with Crippen LogP contribution in [-0.2, 0) is 24.7 Å². The van der Waals surface area contributed by atoms with Gasteiger partial charge in [-0.3, -0.25) is 4.79 Å². The smallest absolute Gasteiger partial charge is 0.345 e. The van der Waals surface area contributed by atoms with Crippen LogP contribution in [-0.4, -0.2) is 18.0 Å². The number of cyclic esters (lactones) is 1. The Bertz CT molecular complexity index is 587. The quantitative estimate of drug-likeness (QED) is 0.787. The van der Waals surface area contributed by atoms with E-state index >= 15 is 0 Å². The van der Waals surface area contributed by atoms with Crippen LogP contribution in [0, 0.1) is 11.3 Å². The molecule has 1 saturated heterocycles. The van der Waals surface area contributed by atoms with E-state index in [1.54, 1.807) is 0 Å². The van der Waals surface area contributed by atoms with Gasteiger partial charge in [0.1, 0.15) is 5.78 Å². The van der Waals surface area contributed by atoms with E-state index in [9.17, 15) is 9.59 Å². The monoisotopic (exact) mass is 302 g/mol. The van der Waals surface area contributed by atoms with E-state index in [1.807, 2.05) is 51.1 Å². The predicted octanol–water partition coefficient (Wildman–Crippen LogP) is 3.20. The van der Waals surface area contributed by atoms with Crippen molar-refractivity contribution in [2.45, 2.75) is 51.9 Å². The first-order valence-electron chi connectivity index (χ1n) is 7.80.